The standard InChI is InChI=1S/C14H20N2O2.ClH/c17-14(18)7-4-8-15-9-11-16(12-10-15)13-5-2-1-3-6-13;/h1-3,5-6H,4,7-12H2,(H,17,18);1H. The minimum Gasteiger partial charge on any atom is -0.481 e. The Morgan fingerprint density at radius 2 is 1.74 bits per heavy atom. The van der Waals surface area contributed by atoms with Crippen LogP contribution in [0.5, 0.6) is 0 Å². The van der Waals surface area contributed by atoms with E-state index in [0.717, 1.165) is 39.1 Å². The van der Waals surface area contributed by atoms with Crippen LogP contribution in [-0.2, 0) is 4.79 Å². The number of carboxylic acid groups (broad SMARTS) is 1. The molecule has 1 aliphatic heterocycles. The average Bonchev–Trinajstić information content (AvgIpc) is 2.40. The summed E-state index contributed by atoms with van der Waals surface area (Å²) in [5, 5.41) is 8.61. The predicted molar refractivity (Wildman–Crippen MR) is 79.2 cm³/mol. The molecule has 2 rings (SSSR count). The topological polar surface area (TPSA) is 43.8 Å². The predicted octanol–water partition coefficient (Wildman–Crippen LogP) is 2.10. The molecule has 0 aliphatic carbocycles. The van der Waals surface area contributed by atoms with Crippen LogP contribution in [0.2, 0.25) is 0 Å². The van der Waals surface area contributed by atoms with Crippen molar-refractivity contribution in [1.82, 2.24) is 4.90 Å². The van der Waals surface area contributed by atoms with E-state index in [-0.39, 0.29) is 18.8 Å². The molecule has 0 bridgehead atoms. The molecule has 0 unspecified atom stereocenters. The molecule has 0 saturated carbocycles. The number of piperazine rings is 1. The molecule has 0 amide bonds. The third kappa shape index (κ3) is 5.09. The number of halogens is 1. The lowest BCUT2D eigenvalue weighted by Crippen LogP contribution is -2.46. The van der Waals surface area contributed by atoms with Crippen LogP contribution < -0.4 is 4.90 Å². The molecule has 1 aromatic rings. The number of carboxylic acids is 1. The number of hydrogen-bond acceptors (Lipinski definition) is 3. The van der Waals surface area contributed by atoms with E-state index >= 15 is 0 Å². The molecule has 0 aromatic heterocycles. The summed E-state index contributed by atoms with van der Waals surface area (Å²) in [6, 6.07) is 10.4. The summed E-state index contributed by atoms with van der Waals surface area (Å²) in [4.78, 5) is 15.2. The maximum Gasteiger partial charge on any atom is 0.303 e. The van der Waals surface area contributed by atoms with Gasteiger partial charge in [-0.2, -0.15) is 0 Å². The summed E-state index contributed by atoms with van der Waals surface area (Å²) in [5.41, 5.74) is 1.28. The Kier molecular flexibility index (Phi) is 6.67. The lowest BCUT2D eigenvalue weighted by atomic mass is 10.2. The van der Waals surface area contributed by atoms with Gasteiger partial charge in [0.25, 0.3) is 0 Å². The van der Waals surface area contributed by atoms with Gasteiger partial charge in [0.1, 0.15) is 0 Å². The second-order valence-electron chi connectivity index (χ2n) is 4.66. The fourth-order valence-corrected chi connectivity index (χ4v) is 2.32. The van der Waals surface area contributed by atoms with Gasteiger partial charge in [0.15, 0.2) is 0 Å². The van der Waals surface area contributed by atoms with E-state index in [9.17, 15) is 4.79 Å². The smallest absolute Gasteiger partial charge is 0.303 e. The van der Waals surface area contributed by atoms with E-state index in [1.807, 2.05) is 6.07 Å². The van der Waals surface area contributed by atoms with Gasteiger partial charge in [0.05, 0.1) is 0 Å². The van der Waals surface area contributed by atoms with Crippen molar-refractivity contribution in [3.8, 4) is 0 Å². The Morgan fingerprint density at radius 3 is 2.32 bits per heavy atom. The van der Waals surface area contributed by atoms with Crippen molar-refractivity contribution in [2.45, 2.75) is 12.8 Å². The Balaban J connectivity index is 0.00000180. The number of anilines is 1. The second kappa shape index (κ2) is 8.02. The quantitative estimate of drug-likeness (QED) is 0.899. The fourth-order valence-electron chi connectivity index (χ4n) is 2.32. The third-order valence-electron chi connectivity index (χ3n) is 3.36. The van der Waals surface area contributed by atoms with Crippen molar-refractivity contribution in [1.29, 1.82) is 0 Å². The second-order valence-corrected chi connectivity index (χ2v) is 4.66. The Bertz CT molecular complexity index is 378. The maximum atomic E-state index is 10.5. The van der Waals surface area contributed by atoms with Crippen molar-refractivity contribution >= 4 is 24.1 Å². The molecule has 1 heterocycles. The highest BCUT2D eigenvalue weighted by atomic mass is 35.5. The SMILES string of the molecule is Cl.O=C(O)CCCN1CCN(c2ccccc2)CC1. The number of nitrogens with zero attached hydrogens (tertiary/aromatic N) is 2. The molecule has 1 saturated heterocycles. The van der Waals surface area contributed by atoms with Crippen molar-refractivity contribution in [2.24, 2.45) is 0 Å². The summed E-state index contributed by atoms with van der Waals surface area (Å²) in [6.45, 7) is 4.99. The molecular weight excluding hydrogens is 264 g/mol. The van der Waals surface area contributed by atoms with Crippen LogP contribution >= 0.6 is 12.4 Å². The summed E-state index contributed by atoms with van der Waals surface area (Å²) < 4.78 is 0. The van der Waals surface area contributed by atoms with E-state index in [4.69, 9.17) is 5.11 Å². The first kappa shape index (κ1) is 15.8. The Labute approximate surface area is 120 Å². The largest absolute Gasteiger partial charge is 0.481 e. The molecule has 0 atom stereocenters. The third-order valence-corrected chi connectivity index (χ3v) is 3.36. The van der Waals surface area contributed by atoms with Gasteiger partial charge in [-0.05, 0) is 25.1 Å². The van der Waals surface area contributed by atoms with Crippen LogP contribution in [0.1, 0.15) is 12.8 Å². The van der Waals surface area contributed by atoms with Gasteiger partial charge in [-0.3, -0.25) is 9.69 Å². The first-order valence-corrected chi connectivity index (χ1v) is 6.50. The van der Waals surface area contributed by atoms with Crippen LogP contribution in [0.4, 0.5) is 5.69 Å². The summed E-state index contributed by atoms with van der Waals surface area (Å²) >= 11 is 0. The molecule has 4 nitrogen and oxygen atoms in total. The fraction of sp³-hybridized carbons (Fsp3) is 0.500. The Hall–Kier alpha value is -1.26. The van der Waals surface area contributed by atoms with Crippen molar-refractivity contribution in [2.75, 3.05) is 37.6 Å². The van der Waals surface area contributed by atoms with Gasteiger partial charge >= 0.3 is 5.97 Å². The maximum absolute atomic E-state index is 10.5. The van der Waals surface area contributed by atoms with Gasteiger partial charge < -0.3 is 10.0 Å². The van der Waals surface area contributed by atoms with Crippen molar-refractivity contribution in [3.05, 3.63) is 30.3 Å². The zero-order valence-corrected chi connectivity index (χ0v) is 11.8. The number of para-hydroxylation sites is 1. The van der Waals surface area contributed by atoms with E-state index in [1.54, 1.807) is 0 Å². The average molecular weight is 285 g/mol. The lowest BCUT2D eigenvalue weighted by Gasteiger charge is -2.36. The summed E-state index contributed by atoms with van der Waals surface area (Å²) in [5.74, 6) is -0.696. The first-order valence-electron chi connectivity index (χ1n) is 6.50. The number of carbonyl (C=O) groups is 1. The number of rotatable bonds is 5. The van der Waals surface area contributed by atoms with E-state index in [0.29, 0.717) is 0 Å². The van der Waals surface area contributed by atoms with Gasteiger partial charge in [-0.15, -0.1) is 12.4 Å². The van der Waals surface area contributed by atoms with Gasteiger partial charge in [-0.25, -0.2) is 0 Å². The highest BCUT2D eigenvalue weighted by Crippen LogP contribution is 2.15. The number of hydrogen-bond donors (Lipinski definition) is 1. The van der Waals surface area contributed by atoms with Gasteiger partial charge in [0, 0.05) is 38.3 Å². The van der Waals surface area contributed by atoms with E-state index in [1.165, 1.54) is 5.69 Å². The molecule has 0 spiro atoms. The molecule has 106 valence electrons. The molecule has 5 heteroatoms. The molecule has 1 N–H and O–H groups in total. The molecule has 19 heavy (non-hydrogen) atoms. The van der Waals surface area contributed by atoms with Crippen molar-refractivity contribution < 1.29 is 9.90 Å². The molecular formula is C14H21ClN2O2. The van der Waals surface area contributed by atoms with Crippen LogP contribution in [0.3, 0.4) is 0 Å². The monoisotopic (exact) mass is 284 g/mol. The Morgan fingerprint density at radius 1 is 1.11 bits per heavy atom. The zero-order chi connectivity index (χ0) is 12.8. The van der Waals surface area contributed by atoms with Gasteiger partial charge in [0.2, 0.25) is 0 Å². The van der Waals surface area contributed by atoms with E-state index in [2.05, 4.69) is 34.1 Å². The molecule has 1 aromatic carbocycles. The minimum atomic E-state index is -0.696. The summed E-state index contributed by atoms with van der Waals surface area (Å²) in [7, 11) is 0. The van der Waals surface area contributed by atoms with Crippen LogP contribution in [0, 0.1) is 0 Å². The highest BCUT2D eigenvalue weighted by Gasteiger charge is 2.16. The van der Waals surface area contributed by atoms with Crippen LogP contribution in [-0.4, -0.2) is 48.7 Å². The summed E-state index contributed by atoms with van der Waals surface area (Å²) in [6.07, 6.45) is 1.03. The first-order chi connectivity index (χ1) is 8.75. The highest BCUT2D eigenvalue weighted by molar-refractivity contribution is 5.85. The lowest BCUT2D eigenvalue weighted by molar-refractivity contribution is -0.137. The molecule has 0 radical (unpaired) electrons. The number of benzene rings is 1. The number of aliphatic carboxylic acids is 1. The van der Waals surface area contributed by atoms with Gasteiger partial charge in [-0.1, -0.05) is 18.2 Å². The normalized spacial score (nSPS) is 15.9. The van der Waals surface area contributed by atoms with Crippen molar-refractivity contribution in [3.63, 3.8) is 0 Å². The minimum absolute atomic E-state index is 0. The van der Waals surface area contributed by atoms with Crippen LogP contribution in [0.25, 0.3) is 0 Å². The zero-order valence-electron chi connectivity index (χ0n) is 11.0. The molecule has 1 aliphatic rings. The van der Waals surface area contributed by atoms with E-state index < -0.39 is 5.97 Å². The van der Waals surface area contributed by atoms with Crippen LogP contribution in [0.15, 0.2) is 30.3 Å². The molecule has 1 fully saturated rings.